The van der Waals surface area contributed by atoms with E-state index in [2.05, 4.69) is 39.9 Å². The fourth-order valence-electron chi connectivity index (χ4n) is 1.44. The van der Waals surface area contributed by atoms with Crippen LogP contribution in [0.15, 0.2) is 0 Å². The number of rotatable bonds is 8. The first kappa shape index (κ1) is 13.9. The molecule has 0 aliphatic carbocycles. The Kier molecular flexibility index (Phi) is 8.20. The first-order valence-corrected chi connectivity index (χ1v) is 5.94. The maximum atomic E-state index is 5.50. The summed E-state index contributed by atoms with van der Waals surface area (Å²) in [6.45, 7) is 13.9. The van der Waals surface area contributed by atoms with Crippen molar-refractivity contribution in [1.82, 2.24) is 5.32 Å². The van der Waals surface area contributed by atoms with Crippen LogP contribution in [-0.4, -0.2) is 25.8 Å². The molecular formula is C12H27NO. The van der Waals surface area contributed by atoms with E-state index in [0.29, 0.717) is 17.9 Å². The van der Waals surface area contributed by atoms with Gasteiger partial charge in [-0.15, -0.1) is 0 Å². The molecule has 0 saturated heterocycles. The van der Waals surface area contributed by atoms with E-state index < -0.39 is 0 Å². The van der Waals surface area contributed by atoms with Gasteiger partial charge in [-0.25, -0.2) is 0 Å². The molecule has 0 aliphatic rings. The van der Waals surface area contributed by atoms with Crippen LogP contribution in [0.2, 0.25) is 0 Å². The van der Waals surface area contributed by atoms with E-state index in [4.69, 9.17) is 4.74 Å². The quantitative estimate of drug-likeness (QED) is 0.652. The van der Waals surface area contributed by atoms with Gasteiger partial charge in [-0.3, -0.25) is 0 Å². The molecule has 0 aromatic carbocycles. The van der Waals surface area contributed by atoms with Crippen molar-refractivity contribution >= 4 is 0 Å². The zero-order chi connectivity index (χ0) is 11.0. The zero-order valence-electron chi connectivity index (χ0n) is 10.5. The lowest BCUT2D eigenvalue weighted by atomic mass is 9.90. The van der Waals surface area contributed by atoms with Crippen LogP contribution in [0, 0.1) is 11.8 Å². The summed E-state index contributed by atoms with van der Waals surface area (Å²) in [4.78, 5) is 0. The molecule has 0 rings (SSSR count). The number of nitrogens with one attached hydrogen (secondary N) is 1. The molecule has 2 nitrogen and oxygen atoms in total. The van der Waals surface area contributed by atoms with Crippen LogP contribution in [-0.2, 0) is 4.74 Å². The van der Waals surface area contributed by atoms with Crippen LogP contribution in [0.4, 0.5) is 0 Å². The SMILES string of the molecule is CCCNC(COCC)C(C)C(C)C. The average Bonchev–Trinajstić information content (AvgIpc) is 2.17. The number of hydrogen-bond acceptors (Lipinski definition) is 2. The van der Waals surface area contributed by atoms with E-state index in [9.17, 15) is 0 Å². The van der Waals surface area contributed by atoms with Gasteiger partial charge >= 0.3 is 0 Å². The molecule has 0 aromatic heterocycles. The Morgan fingerprint density at radius 2 is 1.79 bits per heavy atom. The highest BCUT2D eigenvalue weighted by atomic mass is 16.5. The van der Waals surface area contributed by atoms with Crippen molar-refractivity contribution in [2.75, 3.05) is 19.8 Å². The molecule has 0 aromatic rings. The highest BCUT2D eigenvalue weighted by molar-refractivity contribution is 4.75. The third-order valence-electron chi connectivity index (χ3n) is 2.84. The summed E-state index contributed by atoms with van der Waals surface area (Å²) in [6, 6.07) is 0.509. The molecule has 86 valence electrons. The standard InChI is InChI=1S/C12H27NO/c1-6-8-13-12(9-14-7-2)11(5)10(3)4/h10-13H,6-9H2,1-5H3. The normalized spacial score (nSPS) is 15.9. The second-order valence-corrected chi connectivity index (χ2v) is 4.32. The highest BCUT2D eigenvalue weighted by Gasteiger charge is 2.19. The fourth-order valence-corrected chi connectivity index (χ4v) is 1.44. The molecule has 14 heavy (non-hydrogen) atoms. The minimum Gasteiger partial charge on any atom is -0.380 e. The molecule has 0 amide bonds. The topological polar surface area (TPSA) is 21.3 Å². The molecular weight excluding hydrogens is 174 g/mol. The summed E-state index contributed by atoms with van der Waals surface area (Å²) < 4.78 is 5.50. The van der Waals surface area contributed by atoms with Crippen LogP contribution >= 0.6 is 0 Å². The fraction of sp³-hybridized carbons (Fsp3) is 1.00. The van der Waals surface area contributed by atoms with Gasteiger partial charge in [0.2, 0.25) is 0 Å². The van der Waals surface area contributed by atoms with E-state index in [1.54, 1.807) is 0 Å². The van der Waals surface area contributed by atoms with E-state index >= 15 is 0 Å². The van der Waals surface area contributed by atoms with Crippen molar-refractivity contribution in [3.63, 3.8) is 0 Å². The van der Waals surface area contributed by atoms with Gasteiger partial charge in [0.15, 0.2) is 0 Å². The van der Waals surface area contributed by atoms with E-state index in [-0.39, 0.29) is 0 Å². The zero-order valence-corrected chi connectivity index (χ0v) is 10.5. The Labute approximate surface area is 89.4 Å². The molecule has 2 unspecified atom stereocenters. The maximum Gasteiger partial charge on any atom is 0.0622 e. The lowest BCUT2D eigenvalue weighted by molar-refractivity contribution is 0.0961. The minimum atomic E-state index is 0.509. The molecule has 0 saturated carbocycles. The van der Waals surface area contributed by atoms with Gasteiger partial charge in [0.05, 0.1) is 6.61 Å². The Morgan fingerprint density at radius 3 is 2.21 bits per heavy atom. The molecule has 2 heteroatoms. The summed E-state index contributed by atoms with van der Waals surface area (Å²) in [5.41, 5.74) is 0. The molecule has 0 radical (unpaired) electrons. The number of ether oxygens (including phenoxy) is 1. The van der Waals surface area contributed by atoms with Crippen LogP contribution in [0.25, 0.3) is 0 Å². The lowest BCUT2D eigenvalue weighted by Gasteiger charge is -2.27. The lowest BCUT2D eigenvalue weighted by Crippen LogP contribution is -2.41. The van der Waals surface area contributed by atoms with Crippen molar-refractivity contribution in [3.8, 4) is 0 Å². The van der Waals surface area contributed by atoms with Gasteiger partial charge in [0.1, 0.15) is 0 Å². The van der Waals surface area contributed by atoms with Crippen LogP contribution in [0.1, 0.15) is 41.0 Å². The van der Waals surface area contributed by atoms with Crippen molar-refractivity contribution < 1.29 is 4.74 Å². The smallest absolute Gasteiger partial charge is 0.0622 e. The minimum absolute atomic E-state index is 0.509. The largest absolute Gasteiger partial charge is 0.380 e. The summed E-state index contributed by atoms with van der Waals surface area (Å²) >= 11 is 0. The summed E-state index contributed by atoms with van der Waals surface area (Å²) in [6.07, 6.45) is 1.19. The summed E-state index contributed by atoms with van der Waals surface area (Å²) in [5.74, 6) is 1.39. The second kappa shape index (κ2) is 8.25. The van der Waals surface area contributed by atoms with Gasteiger partial charge in [0, 0.05) is 12.6 Å². The molecule has 0 fully saturated rings. The first-order chi connectivity index (χ1) is 6.63. The summed E-state index contributed by atoms with van der Waals surface area (Å²) in [7, 11) is 0. The first-order valence-electron chi connectivity index (χ1n) is 5.94. The van der Waals surface area contributed by atoms with Gasteiger partial charge < -0.3 is 10.1 Å². The van der Waals surface area contributed by atoms with Gasteiger partial charge in [-0.1, -0.05) is 27.7 Å². The molecule has 0 spiro atoms. The Bertz CT molecular complexity index is 117. The monoisotopic (exact) mass is 201 g/mol. The molecule has 2 atom stereocenters. The van der Waals surface area contributed by atoms with Crippen molar-refractivity contribution in [2.24, 2.45) is 11.8 Å². The average molecular weight is 201 g/mol. The van der Waals surface area contributed by atoms with Crippen molar-refractivity contribution in [3.05, 3.63) is 0 Å². The third kappa shape index (κ3) is 5.61. The van der Waals surface area contributed by atoms with Crippen LogP contribution < -0.4 is 5.32 Å². The molecule has 0 aliphatic heterocycles. The maximum absolute atomic E-state index is 5.50. The predicted octanol–water partition coefficient (Wildman–Crippen LogP) is 2.68. The van der Waals surface area contributed by atoms with Crippen molar-refractivity contribution in [1.29, 1.82) is 0 Å². The third-order valence-corrected chi connectivity index (χ3v) is 2.84. The van der Waals surface area contributed by atoms with Crippen LogP contribution in [0.3, 0.4) is 0 Å². The Morgan fingerprint density at radius 1 is 1.14 bits per heavy atom. The molecule has 0 bridgehead atoms. The Hall–Kier alpha value is -0.0800. The van der Waals surface area contributed by atoms with Gasteiger partial charge in [-0.2, -0.15) is 0 Å². The van der Waals surface area contributed by atoms with E-state index in [1.165, 1.54) is 6.42 Å². The predicted molar refractivity (Wildman–Crippen MR) is 62.6 cm³/mol. The molecule has 1 N–H and O–H groups in total. The van der Waals surface area contributed by atoms with E-state index in [0.717, 1.165) is 19.8 Å². The Balaban J connectivity index is 3.94. The summed E-state index contributed by atoms with van der Waals surface area (Å²) in [5, 5.41) is 3.56. The van der Waals surface area contributed by atoms with Gasteiger partial charge in [-0.05, 0) is 31.7 Å². The van der Waals surface area contributed by atoms with Crippen LogP contribution in [0.5, 0.6) is 0 Å². The molecule has 0 heterocycles. The van der Waals surface area contributed by atoms with E-state index in [1.807, 2.05) is 0 Å². The number of hydrogen-bond donors (Lipinski definition) is 1. The second-order valence-electron chi connectivity index (χ2n) is 4.32. The van der Waals surface area contributed by atoms with Gasteiger partial charge in [0.25, 0.3) is 0 Å². The van der Waals surface area contributed by atoms with Crippen molar-refractivity contribution in [2.45, 2.75) is 47.1 Å². The highest BCUT2D eigenvalue weighted by Crippen LogP contribution is 2.14.